The van der Waals surface area contributed by atoms with Crippen LogP contribution in [0.15, 0.2) is 18.2 Å². The van der Waals surface area contributed by atoms with E-state index in [2.05, 4.69) is 5.32 Å². The number of hydrogen-bond acceptors (Lipinski definition) is 5. The Bertz CT molecular complexity index is 680. The van der Waals surface area contributed by atoms with E-state index in [1.54, 1.807) is 0 Å². The highest BCUT2D eigenvalue weighted by Gasteiger charge is 2.27. The standard InChI is InChI=1S/C15H15Cl2NO5S/c1-7(15(22)23)18-13(20)6-12(24-8(2)19)14(21)9-3-4-10(16)11(17)5-9/h3-5,7,12H,6H2,1-2H3,(H,18,20)(H,22,23)/t7-,12?/m0/s1. The van der Waals surface area contributed by atoms with Gasteiger partial charge in [-0.15, -0.1) is 0 Å². The number of benzene rings is 1. The Morgan fingerprint density at radius 3 is 2.33 bits per heavy atom. The van der Waals surface area contributed by atoms with Crippen LogP contribution in [-0.4, -0.2) is 39.2 Å². The molecule has 1 amide bonds. The van der Waals surface area contributed by atoms with Gasteiger partial charge in [0.15, 0.2) is 10.9 Å². The van der Waals surface area contributed by atoms with Crippen LogP contribution in [0.1, 0.15) is 30.6 Å². The number of carbonyl (C=O) groups is 4. The van der Waals surface area contributed by atoms with Crippen molar-refractivity contribution in [1.82, 2.24) is 5.32 Å². The molecule has 0 aliphatic heterocycles. The Morgan fingerprint density at radius 2 is 1.83 bits per heavy atom. The van der Waals surface area contributed by atoms with Crippen molar-refractivity contribution in [1.29, 1.82) is 0 Å². The average Bonchev–Trinajstić information content (AvgIpc) is 2.47. The van der Waals surface area contributed by atoms with Crippen molar-refractivity contribution in [2.45, 2.75) is 31.6 Å². The van der Waals surface area contributed by atoms with Gasteiger partial charge < -0.3 is 10.4 Å². The van der Waals surface area contributed by atoms with Gasteiger partial charge >= 0.3 is 5.97 Å². The largest absolute Gasteiger partial charge is 0.480 e. The van der Waals surface area contributed by atoms with Crippen LogP contribution in [0.2, 0.25) is 10.0 Å². The quantitative estimate of drug-likeness (QED) is 0.693. The zero-order valence-corrected chi connectivity index (χ0v) is 15.2. The first kappa shape index (κ1) is 20.5. The number of rotatable bonds is 7. The third-order valence-electron chi connectivity index (χ3n) is 2.92. The predicted molar refractivity (Wildman–Crippen MR) is 92.7 cm³/mol. The molecule has 1 unspecified atom stereocenters. The molecular formula is C15H15Cl2NO5S. The number of thioether (sulfide) groups is 1. The number of nitrogens with one attached hydrogen (secondary N) is 1. The Labute approximate surface area is 152 Å². The summed E-state index contributed by atoms with van der Waals surface area (Å²) in [4.78, 5) is 46.6. The molecule has 24 heavy (non-hydrogen) atoms. The Morgan fingerprint density at radius 1 is 1.21 bits per heavy atom. The van der Waals surface area contributed by atoms with Crippen LogP contribution < -0.4 is 5.32 Å². The van der Waals surface area contributed by atoms with Gasteiger partial charge in [0.05, 0.1) is 15.3 Å². The Hall–Kier alpha value is -1.57. The molecule has 0 bridgehead atoms. The van der Waals surface area contributed by atoms with Crippen LogP contribution in [0.5, 0.6) is 0 Å². The van der Waals surface area contributed by atoms with E-state index in [1.807, 2.05) is 0 Å². The van der Waals surface area contributed by atoms with Gasteiger partial charge in [-0.3, -0.25) is 19.2 Å². The van der Waals surface area contributed by atoms with Crippen molar-refractivity contribution in [2.75, 3.05) is 0 Å². The Balaban J connectivity index is 2.93. The first-order chi connectivity index (χ1) is 11.1. The molecule has 130 valence electrons. The van der Waals surface area contributed by atoms with E-state index < -0.39 is 29.0 Å². The summed E-state index contributed by atoms with van der Waals surface area (Å²) in [6.45, 7) is 2.58. The number of ketones is 1. The first-order valence-corrected chi connectivity index (χ1v) is 8.44. The molecule has 0 spiro atoms. The lowest BCUT2D eigenvalue weighted by atomic mass is 10.1. The Kier molecular flexibility index (Phi) is 7.72. The lowest BCUT2D eigenvalue weighted by Crippen LogP contribution is -2.40. The van der Waals surface area contributed by atoms with E-state index in [1.165, 1.54) is 32.0 Å². The third kappa shape index (κ3) is 6.14. The van der Waals surface area contributed by atoms with Crippen LogP contribution in [0.25, 0.3) is 0 Å². The van der Waals surface area contributed by atoms with Crippen molar-refractivity contribution in [3.05, 3.63) is 33.8 Å². The SMILES string of the molecule is CC(=O)SC(CC(=O)N[C@@H](C)C(=O)O)C(=O)c1ccc(Cl)c(Cl)c1. The summed E-state index contributed by atoms with van der Waals surface area (Å²) in [6, 6.07) is 3.15. The summed E-state index contributed by atoms with van der Waals surface area (Å²) < 4.78 is 0. The second kappa shape index (κ2) is 9.05. The van der Waals surface area contributed by atoms with Crippen LogP contribution in [0.4, 0.5) is 0 Å². The number of Topliss-reactive ketones (excluding diaryl/α,β-unsaturated/α-hetero) is 1. The minimum absolute atomic E-state index is 0.179. The van der Waals surface area contributed by atoms with Gasteiger partial charge in [0.1, 0.15) is 6.04 Å². The molecule has 1 aromatic carbocycles. The maximum atomic E-state index is 12.5. The van der Waals surface area contributed by atoms with Crippen molar-refractivity contribution >= 4 is 57.7 Å². The third-order valence-corrected chi connectivity index (χ3v) is 4.66. The predicted octanol–water partition coefficient (Wildman–Crippen LogP) is 2.80. The fourth-order valence-corrected chi connectivity index (χ4v) is 2.93. The smallest absolute Gasteiger partial charge is 0.325 e. The van der Waals surface area contributed by atoms with Gasteiger partial charge in [0.2, 0.25) is 5.91 Å². The molecule has 0 heterocycles. The molecule has 2 atom stereocenters. The van der Waals surface area contributed by atoms with E-state index >= 15 is 0 Å². The fourth-order valence-electron chi connectivity index (χ4n) is 1.75. The van der Waals surface area contributed by atoms with Gasteiger partial charge in [-0.2, -0.15) is 0 Å². The number of halogens is 2. The molecule has 0 aliphatic rings. The fraction of sp³-hybridized carbons (Fsp3) is 0.333. The molecule has 0 saturated carbocycles. The molecular weight excluding hydrogens is 377 g/mol. The highest BCUT2D eigenvalue weighted by Crippen LogP contribution is 2.26. The zero-order valence-electron chi connectivity index (χ0n) is 12.8. The van der Waals surface area contributed by atoms with E-state index in [0.717, 1.165) is 0 Å². The van der Waals surface area contributed by atoms with Crippen molar-refractivity contribution in [3.8, 4) is 0 Å². The highest BCUT2D eigenvalue weighted by molar-refractivity contribution is 8.14. The van der Waals surface area contributed by atoms with Crippen LogP contribution in [-0.2, 0) is 14.4 Å². The number of amides is 1. The molecule has 0 fully saturated rings. The van der Waals surface area contributed by atoms with Crippen LogP contribution in [0, 0.1) is 0 Å². The molecule has 0 saturated heterocycles. The highest BCUT2D eigenvalue weighted by atomic mass is 35.5. The number of carboxylic acids is 1. The van der Waals surface area contributed by atoms with Gasteiger partial charge in [0, 0.05) is 18.9 Å². The number of carbonyl (C=O) groups excluding carboxylic acids is 3. The van der Waals surface area contributed by atoms with E-state index in [-0.39, 0.29) is 27.1 Å². The minimum Gasteiger partial charge on any atom is -0.480 e. The van der Waals surface area contributed by atoms with Crippen molar-refractivity contribution < 1.29 is 24.3 Å². The monoisotopic (exact) mass is 391 g/mol. The second-order valence-corrected chi connectivity index (χ2v) is 7.12. The summed E-state index contributed by atoms with van der Waals surface area (Å²) in [6.07, 6.45) is -0.332. The van der Waals surface area contributed by atoms with Crippen LogP contribution >= 0.6 is 35.0 Å². The van der Waals surface area contributed by atoms with E-state index in [0.29, 0.717) is 11.8 Å². The summed E-state index contributed by atoms with van der Waals surface area (Å²) >= 11 is 12.4. The lowest BCUT2D eigenvalue weighted by molar-refractivity contribution is -0.141. The first-order valence-electron chi connectivity index (χ1n) is 6.80. The summed E-state index contributed by atoms with van der Waals surface area (Å²) in [5.41, 5.74) is 0.210. The summed E-state index contributed by atoms with van der Waals surface area (Å²) in [7, 11) is 0. The second-order valence-electron chi connectivity index (χ2n) is 4.92. The topological polar surface area (TPSA) is 101 Å². The number of aliphatic carboxylic acids is 1. The van der Waals surface area contributed by atoms with Gasteiger partial charge in [-0.25, -0.2) is 0 Å². The van der Waals surface area contributed by atoms with Gasteiger partial charge in [0.25, 0.3) is 0 Å². The molecule has 0 radical (unpaired) electrons. The molecule has 6 nitrogen and oxygen atoms in total. The molecule has 1 rings (SSSR count). The van der Waals surface area contributed by atoms with E-state index in [9.17, 15) is 19.2 Å². The molecule has 0 aliphatic carbocycles. The lowest BCUT2D eigenvalue weighted by Gasteiger charge is -2.15. The molecule has 1 aromatic rings. The normalized spacial score (nSPS) is 13.0. The number of carboxylic acid groups (broad SMARTS) is 1. The molecule has 9 heteroatoms. The van der Waals surface area contributed by atoms with Crippen molar-refractivity contribution in [2.24, 2.45) is 0 Å². The number of hydrogen-bond donors (Lipinski definition) is 2. The van der Waals surface area contributed by atoms with Gasteiger partial charge in [-0.1, -0.05) is 35.0 Å². The maximum absolute atomic E-state index is 12.5. The van der Waals surface area contributed by atoms with Crippen molar-refractivity contribution in [3.63, 3.8) is 0 Å². The summed E-state index contributed by atoms with van der Waals surface area (Å²) in [5.74, 6) is -2.31. The zero-order chi connectivity index (χ0) is 18.4. The van der Waals surface area contributed by atoms with Crippen LogP contribution in [0.3, 0.4) is 0 Å². The minimum atomic E-state index is -1.20. The summed E-state index contributed by atoms with van der Waals surface area (Å²) in [5, 5.41) is 10.2. The molecule has 0 aromatic heterocycles. The average molecular weight is 392 g/mol. The molecule has 2 N–H and O–H groups in total. The van der Waals surface area contributed by atoms with Gasteiger partial charge in [-0.05, 0) is 25.1 Å². The maximum Gasteiger partial charge on any atom is 0.325 e. The van der Waals surface area contributed by atoms with E-state index in [4.69, 9.17) is 28.3 Å².